The van der Waals surface area contributed by atoms with Crippen LogP contribution in [0.5, 0.6) is 5.75 Å². The molecule has 0 aliphatic carbocycles. The van der Waals surface area contributed by atoms with Crippen molar-refractivity contribution in [1.82, 2.24) is 4.98 Å². The van der Waals surface area contributed by atoms with E-state index in [-0.39, 0.29) is 0 Å². The minimum Gasteiger partial charge on any atom is -0.489 e. The topological polar surface area (TPSA) is 46.5 Å². The quantitative estimate of drug-likeness (QED) is 0.205. The normalized spacial score (nSPS) is 10.8. The molecule has 0 fully saturated rings. The number of hydrazone groups is 1. The number of nitrogens with zero attached hydrogens (tertiary/aromatic N) is 2. The van der Waals surface area contributed by atoms with E-state index in [1.54, 1.807) is 23.6 Å². The summed E-state index contributed by atoms with van der Waals surface area (Å²) in [6.07, 6.45) is 3.46. The van der Waals surface area contributed by atoms with Crippen LogP contribution >= 0.6 is 11.3 Å². The Labute approximate surface area is 180 Å². The summed E-state index contributed by atoms with van der Waals surface area (Å²) in [4.78, 5) is 5.91. The third-order valence-corrected chi connectivity index (χ3v) is 5.36. The molecule has 30 heavy (non-hydrogen) atoms. The number of aromatic nitrogens is 1. The van der Waals surface area contributed by atoms with Gasteiger partial charge in [-0.15, -0.1) is 0 Å². The molecule has 1 heterocycles. The molecule has 3 aromatic carbocycles. The molecule has 148 valence electrons. The molecule has 4 rings (SSSR count). The maximum absolute atomic E-state index is 5.68. The molecule has 4 aromatic rings. The van der Waals surface area contributed by atoms with Crippen LogP contribution < -0.4 is 10.2 Å². The third kappa shape index (κ3) is 4.64. The van der Waals surface area contributed by atoms with E-state index in [4.69, 9.17) is 9.72 Å². The van der Waals surface area contributed by atoms with Crippen LogP contribution in [0.2, 0.25) is 0 Å². The van der Waals surface area contributed by atoms with Crippen molar-refractivity contribution < 1.29 is 4.74 Å². The molecule has 5 heteroatoms. The molecule has 0 atom stereocenters. The van der Waals surface area contributed by atoms with Crippen LogP contribution in [0.3, 0.4) is 0 Å². The summed E-state index contributed by atoms with van der Waals surface area (Å²) < 4.78 is 5.68. The summed E-state index contributed by atoms with van der Waals surface area (Å²) in [5.41, 5.74) is 7.12. The van der Waals surface area contributed by atoms with Gasteiger partial charge < -0.3 is 4.74 Å². The van der Waals surface area contributed by atoms with Crippen LogP contribution in [0.4, 0.5) is 5.13 Å². The highest BCUT2D eigenvalue weighted by molar-refractivity contribution is 7.19. The first kappa shape index (κ1) is 19.6. The smallest absolute Gasteiger partial charge is 0.204 e. The lowest BCUT2D eigenvalue weighted by atomic mass is 10.1. The fraction of sp³-hybridized carbons (Fsp3) is 0.0400. The zero-order chi connectivity index (χ0) is 20.6. The number of hydrogen-bond donors (Lipinski definition) is 1. The van der Waals surface area contributed by atoms with Crippen LogP contribution in [0.15, 0.2) is 103 Å². The number of rotatable bonds is 8. The Morgan fingerprint density at radius 2 is 1.57 bits per heavy atom. The fourth-order valence-electron chi connectivity index (χ4n) is 2.97. The largest absolute Gasteiger partial charge is 0.489 e. The summed E-state index contributed by atoms with van der Waals surface area (Å²) in [7, 11) is 0. The monoisotopic (exact) mass is 411 g/mol. The van der Waals surface area contributed by atoms with Crippen molar-refractivity contribution in [2.45, 2.75) is 0 Å². The van der Waals surface area contributed by atoms with Gasteiger partial charge in [-0.05, 0) is 17.7 Å². The van der Waals surface area contributed by atoms with Crippen LogP contribution in [-0.4, -0.2) is 17.8 Å². The predicted molar refractivity (Wildman–Crippen MR) is 126 cm³/mol. The van der Waals surface area contributed by atoms with Crippen LogP contribution in [0, 0.1) is 0 Å². The fourth-order valence-corrected chi connectivity index (χ4v) is 3.91. The molecule has 0 spiro atoms. The maximum Gasteiger partial charge on any atom is 0.204 e. The molecule has 0 aliphatic rings. The summed E-state index contributed by atoms with van der Waals surface area (Å²) in [6.45, 7) is 4.14. The zero-order valence-electron chi connectivity index (χ0n) is 16.4. The average Bonchev–Trinajstić information content (AvgIpc) is 3.24. The summed E-state index contributed by atoms with van der Waals surface area (Å²) >= 11 is 1.58. The second kappa shape index (κ2) is 9.67. The zero-order valence-corrected chi connectivity index (χ0v) is 17.2. The highest BCUT2D eigenvalue weighted by Gasteiger charge is 2.14. The number of benzene rings is 3. The van der Waals surface area contributed by atoms with Gasteiger partial charge in [0.05, 0.1) is 16.8 Å². The number of hydrogen-bond acceptors (Lipinski definition) is 5. The number of thiazole rings is 1. The van der Waals surface area contributed by atoms with Gasteiger partial charge in [0, 0.05) is 11.1 Å². The van der Waals surface area contributed by atoms with Crippen LogP contribution in [0.1, 0.15) is 5.56 Å². The molecule has 0 bridgehead atoms. The number of ether oxygens (including phenoxy) is 1. The molecule has 0 radical (unpaired) electrons. The lowest BCUT2D eigenvalue weighted by Crippen LogP contribution is -1.97. The highest BCUT2D eigenvalue weighted by atomic mass is 32.1. The van der Waals surface area contributed by atoms with Crippen molar-refractivity contribution in [2.75, 3.05) is 12.0 Å². The van der Waals surface area contributed by atoms with Gasteiger partial charge in [-0.3, -0.25) is 5.43 Å². The Morgan fingerprint density at radius 1 is 0.900 bits per heavy atom. The first-order valence-corrected chi connectivity index (χ1v) is 10.4. The SMILES string of the molecule is C=CCOc1ccccc1/C=N\Nc1nc(-c2ccccc2)c(-c2ccccc2)s1. The molecule has 0 saturated carbocycles. The van der Waals surface area contributed by atoms with E-state index in [1.807, 2.05) is 60.7 Å². The van der Waals surface area contributed by atoms with Crippen LogP contribution in [-0.2, 0) is 0 Å². The number of nitrogens with one attached hydrogen (secondary N) is 1. The van der Waals surface area contributed by atoms with Gasteiger partial charge in [0.1, 0.15) is 12.4 Å². The van der Waals surface area contributed by atoms with Gasteiger partial charge in [0.2, 0.25) is 5.13 Å². The minimum atomic E-state index is 0.450. The molecule has 1 N–H and O–H groups in total. The van der Waals surface area contributed by atoms with Crippen molar-refractivity contribution in [3.8, 4) is 27.4 Å². The van der Waals surface area contributed by atoms with Gasteiger partial charge in [0.25, 0.3) is 0 Å². The van der Waals surface area contributed by atoms with Crippen molar-refractivity contribution in [1.29, 1.82) is 0 Å². The molecule has 0 aliphatic heterocycles. The Balaban J connectivity index is 1.61. The van der Waals surface area contributed by atoms with Crippen molar-refractivity contribution >= 4 is 22.7 Å². The molecule has 0 unspecified atom stereocenters. The lowest BCUT2D eigenvalue weighted by Gasteiger charge is -2.05. The Morgan fingerprint density at radius 3 is 2.30 bits per heavy atom. The second-order valence-corrected chi connectivity index (χ2v) is 7.44. The standard InChI is InChI=1S/C25H21N3OS/c1-2-17-29-22-16-10-9-15-21(22)18-26-28-25-27-23(19-11-5-3-6-12-19)24(30-25)20-13-7-4-8-14-20/h2-16,18H,1,17H2,(H,27,28)/b26-18-. The lowest BCUT2D eigenvalue weighted by molar-refractivity contribution is 0.363. The average molecular weight is 412 g/mol. The Kier molecular flexibility index (Phi) is 6.32. The van der Waals surface area contributed by atoms with E-state index in [0.717, 1.165) is 38.1 Å². The van der Waals surface area contributed by atoms with E-state index >= 15 is 0 Å². The van der Waals surface area contributed by atoms with E-state index in [1.165, 1.54) is 0 Å². The second-order valence-electron chi connectivity index (χ2n) is 6.44. The maximum atomic E-state index is 5.68. The first-order valence-electron chi connectivity index (χ1n) is 9.58. The van der Waals surface area contributed by atoms with Gasteiger partial charge in [-0.1, -0.05) is 96.8 Å². The Bertz CT molecular complexity index is 1080. The molecule has 0 amide bonds. The van der Waals surface area contributed by atoms with Gasteiger partial charge >= 0.3 is 0 Å². The van der Waals surface area contributed by atoms with Gasteiger partial charge in [0.15, 0.2) is 0 Å². The molecule has 0 saturated heterocycles. The number of anilines is 1. The van der Waals surface area contributed by atoms with Crippen LogP contribution in [0.25, 0.3) is 21.7 Å². The van der Waals surface area contributed by atoms with E-state index in [9.17, 15) is 0 Å². The molecule has 4 nitrogen and oxygen atoms in total. The van der Waals surface area contributed by atoms with Crippen molar-refractivity contribution in [3.05, 3.63) is 103 Å². The van der Waals surface area contributed by atoms with Crippen molar-refractivity contribution in [3.63, 3.8) is 0 Å². The summed E-state index contributed by atoms with van der Waals surface area (Å²) in [6, 6.07) is 28.2. The third-order valence-electron chi connectivity index (χ3n) is 4.35. The van der Waals surface area contributed by atoms with E-state index < -0.39 is 0 Å². The summed E-state index contributed by atoms with van der Waals surface area (Å²) in [5.74, 6) is 0.761. The number of para-hydroxylation sites is 1. The minimum absolute atomic E-state index is 0.450. The highest BCUT2D eigenvalue weighted by Crippen LogP contribution is 2.38. The predicted octanol–water partition coefficient (Wildman–Crippen LogP) is 6.49. The molecule has 1 aromatic heterocycles. The van der Waals surface area contributed by atoms with E-state index in [2.05, 4.69) is 41.4 Å². The molecular formula is C25H21N3OS. The van der Waals surface area contributed by atoms with E-state index in [0.29, 0.717) is 6.61 Å². The van der Waals surface area contributed by atoms with Gasteiger partial charge in [-0.25, -0.2) is 4.98 Å². The van der Waals surface area contributed by atoms with Crippen molar-refractivity contribution in [2.24, 2.45) is 5.10 Å². The summed E-state index contributed by atoms with van der Waals surface area (Å²) in [5, 5.41) is 5.12. The molecular weight excluding hydrogens is 390 g/mol. The first-order chi connectivity index (χ1) is 14.8. The van der Waals surface area contributed by atoms with Gasteiger partial charge in [-0.2, -0.15) is 5.10 Å². The Hall–Kier alpha value is -3.70.